The summed E-state index contributed by atoms with van der Waals surface area (Å²) >= 11 is 0. The van der Waals surface area contributed by atoms with E-state index in [4.69, 9.17) is 0 Å². The Hall–Kier alpha value is -2.75. The summed E-state index contributed by atoms with van der Waals surface area (Å²) in [5.41, 5.74) is 2.43. The Kier molecular flexibility index (Phi) is 4.33. The molecule has 116 valence electrons. The lowest BCUT2D eigenvalue weighted by Gasteiger charge is -2.13. The molecule has 0 spiro atoms. The number of amides is 1. The zero-order valence-corrected chi connectivity index (χ0v) is 12.8. The average molecular weight is 308 g/mol. The minimum absolute atomic E-state index is 0.0125. The van der Waals surface area contributed by atoms with Gasteiger partial charge in [0.05, 0.1) is 11.2 Å². The van der Waals surface area contributed by atoms with Crippen molar-refractivity contribution in [1.82, 2.24) is 4.98 Å². The molecule has 1 amide bonds. The third-order valence-electron chi connectivity index (χ3n) is 3.84. The monoisotopic (exact) mass is 308 g/mol. The van der Waals surface area contributed by atoms with Gasteiger partial charge in [-0.1, -0.05) is 37.3 Å². The summed E-state index contributed by atoms with van der Waals surface area (Å²) in [6.45, 7) is 1.95. The predicted molar refractivity (Wildman–Crippen MR) is 89.8 cm³/mol. The number of pyridine rings is 1. The minimum atomic E-state index is -0.271. The zero-order valence-electron chi connectivity index (χ0n) is 12.8. The van der Waals surface area contributed by atoms with Gasteiger partial charge in [-0.2, -0.15) is 0 Å². The number of rotatable bonds is 4. The number of hydrogen-bond donors (Lipinski definition) is 1. The molecular formula is C19H17FN2O. The molecule has 4 heteroatoms. The van der Waals surface area contributed by atoms with Crippen molar-refractivity contribution < 1.29 is 9.18 Å². The SMILES string of the molecule is CC(CC(=O)Nc1cccc2cccnc12)c1ccc(F)cc1. The first-order chi connectivity index (χ1) is 11.1. The van der Waals surface area contributed by atoms with Crippen LogP contribution < -0.4 is 5.32 Å². The van der Waals surface area contributed by atoms with Gasteiger partial charge in [0, 0.05) is 18.0 Å². The average Bonchev–Trinajstić information content (AvgIpc) is 2.55. The summed E-state index contributed by atoms with van der Waals surface area (Å²) in [5, 5.41) is 3.90. The highest BCUT2D eigenvalue weighted by Crippen LogP contribution is 2.23. The number of aromatic nitrogens is 1. The van der Waals surface area contributed by atoms with Crippen molar-refractivity contribution >= 4 is 22.5 Å². The molecule has 1 heterocycles. The second kappa shape index (κ2) is 6.57. The number of hydrogen-bond acceptors (Lipinski definition) is 2. The molecule has 0 fully saturated rings. The Morgan fingerprint density at radius 1 is 1.13 bits per heavy atom. The van der Waals surface area contributed by atoms with E-state index in [1.165, 1.54) is 12.1 Å². The lowest BCUT2D eigenvalue weighted by molar-refractivity contribution is -0.116. The smallest absolute Gasteiger partial charge is 0.225 e. The molecule has 2 aromatic carbocycles. The Morgan fingerprint density at radius 3 is 2.65 bits per heavy atom. The van der Waals surface area contributed by atoms with Crippen LogP contribution in [0.4, 0.5) is 10.1 Å². The van der Waals surface area contributed by atoms with E-state index < -0.39 is 0 Å². The molecule has 0 aliphatic heterocycles. The molecule has 1 N–H and O–H groups in total. The van der Waals surface area contributed by atoms with Crippen LogP contribution in [0.15, 0.2) is 60.8 Å². The van der Waals surface area contributed by atoms with Crippen LogP contribution in [0.3, 0.4) is 0 Å². The van der Waals surface area contributed by atoms with Crippen LogP contribution in [-0.2, 0) is 4.79 Å². The van der Waals surface area contributed by atoms with Gasteiger partial charge in [0.15, 0.2) is 0 Å². The molecule has 23 heavy (non-hydrogen) atoms. The molecule has 1 aromatic heterocycles. The first kappa shape index (κ1) is 15.2. The number of para-hydroxylation sites is 1. The molecule has 0 saturated heterocycles. The van der Waals surface area contributed by atoms with E-state index in [1.807, 2.05) is 37.3 Å². The van der Waals surface area contributed by atoms with Gasteiger partial charge in [0.25, 0.3) is 0 Å². The highest BCUT2D eigenvalue weighted by Gasteiger charge is 2.13. The third-order valence-corrected chi connectivity index (χ3v) is 3.84. The fourth-order valence-corrected chi connectivity index (χ4v) is 2.59. The standard InChI is InChI=1S/C19H17FN2O/c1-13(14-7-9-16(20)10-8-14)12-18(23)22-17-6-2-4-15-5-3-11-21-19(15)17/h2-11,13H,12H2,1H3,(H,22,23). The lowest BCUT2D eigenvalue weighted by Crippen LogP contribution is -2.14. The summed E-state index contributed by atoms with van der Waals surface area (Å²) in [6.07, 6.45) is 2.04. The molecule has 1 atom stereocenters. The second-order valence-electron chi connectivity index (χ2n) is 5.59. The molecular weight excluding hydrogens is 291 g/mol. The fourth-order valence-electron chi connectivity index (χ4n) is 2.59. The van der Waals surface area contributed by atoms with Crippen LogP contribution in [0.2, 0.25) is 0 Å². The Labute approximate surface area is 134 Å². The maximum Gasteiger partial charge on any atom is 0.225 e. The maximum atomic E-state index is 13.0. The molecule has 3 nitrogen and oxygen atoms in total. The molecule has 1 unspecified atom stereocenters. The summed E-state index contributed by atoms with van der Waals surface area (Å²) < 4.78 is 13.0. The molecule has 0 aliphatic carbocycles. The van der Waals surface area contributed by atoms with Gasteiger partial charge in [0.1, 0.15) is 5.82 Å². The van der Waals surface area contributed by atoms with Gasteiger partial charge in [-0.05, 0) is 35.7 Å². The van der Waals surface area contributed by atoms with Crippen molar-refractivity contribution in [2.24, 2.45) is 0 Å². The fraction of sp³-hybridized carbons (Fsp3) is 0.158. The van der Waals surface area contributed by atoms with E-state index in [2.05, 4.69) is 10.3 Å². The van der Waals surface area contributed by atoms with E-state index in [-0.39, 0.29) is 17.6 Å². The predicted octanol–water partition coefficient (Wildman–Crippen LogP) is 4.51. The second-order valence-corrected chi connectivity index (χ2v) is 5.59. The van der Waals surface area contributed by atoms with E-state index in [9.17, 15) is 9.18 Å². The van der Waals surface area contributed by atoms with Crippen LogP contribution in [0.5, 0.6) is 0 Å². The number of halogens is 1. The summed E-state index contributed by atoms with van der Waals surface area (Å²) in [6, 6.07) is 15.8. The van der Waals surface area contributed by atoms with Crippen molar-refractivity contribution in [3.63, 3.8) is 0 Å². The van der Waals surface area contributed by atoms with Crippen molar-refractivity contribution in [3.05, 3.63) is 72.2 Å². The summed E-state index contributed by atoms with van der Waals surface area (Å²) in [5.74, 6) is -0.342. The topological polar surface area (TPSA) is 42.0 Å². The molecule has 0 aliphatic rings. The molecule has 3 aromatic rings. The van der Waals surface area contributed by atoms with Gasteiger partial charge in [-0.3, -0.25) is 9.78 Å². The largest absolute Gasteiger partial charge is 0.324 e. The zero-order chi connectivity index (χ0) is 16.2. The van der Waals surface area contributed by atoms with Crippen LogP contribution in [-0.4, -0.2) is 10.9 Å². The normalized spacial score (nSPS) is 12.1. The van der Waals surface area contributed by atoms with E-state index >= 15 is 0 Å². The van der Waals surface area contributed by atoms with Gasteiger partial charge in [0.2, 0.25) is 5.91 Å². The van der Waals surface area contributed by atoms with Crippen molar-refractivity contribution in [2.75, 3.05) is 5.32 Å². The van der Waals surface area contributed by atoms with Crippen LogP contribution in [0.25, 0.3) is 10.9 Å². The first-order valence-corrected chi connectivity index (χ1v) is 7.52. The number of anilines is 1. The highest BCUT2D eigenvalue weighted by molar-refractivity contribution is 6.00. The van der Waals surface area contributed by atoms with E-state index in [0.29, 0.717) is 12.1 Å². The van der Waals surface area contributed by atoms with Crippen molar-refractivity contribution in [2.45, 2.75) is 19.3 Å². The molecule has 3 rings (SSSR count). The quantitative estimate of drug-likeness (QED) is 0.770. The van der Waals surface area contributed by atoms with Crippen molar-refractivity contribution in [3.8, 4) is 0 Å². The van der Waals surface area contributed by atoms with Crippen LogP contribution in [0, 0.1) is 5.82 Å². The van der Waals surface area contributed by atoms with E-state index in [0.717, 1.165) is 16.5 Å². The summed E-state index contributed by atoms with van der Waals surface area (Å²) in [4.78, 5) is 16.6. The number of carbonyl (C=O) groups is 1. The van der Waals surface area contributed by atoms with Crippen LogP contribution in [0.1, 0.15) is 24.8 Å². The van der Waals surface area contributed by atoms with Crippen molar-refractivity contribution in [1.29, 1.82) is 0 Å². The third kappa shape index (κ3) is 3.54. The molecule has 0 radical (unpaired) electrons. The number of carbonyl (C=O) groups excluding carboxylic acids is 1. The van der Waals surface area contributed by atoms with Gasteiger partial charge in [-0.15, -0.1) is 0 Å². The number of nitrogens with one attached hydrogen (secondary N) is 1. The highest BCUT2D eigenvalue weighted by atomic mass is 19.1. The Balaban J connectivity index is 1.72. The van der Waals surface area contributed by atoms with Gasteiger partial charge < -0.3 is 5.32 Å². The van der Waals surface area contributed by atoms with Gasteiger partial charge >= 0.3 is 0 Å². The minimum Gasteiger partial charge on any atom is -0.324 e. The van der Waals surface area contributed by atoms with E-state index in [1.54, 1.807) is 18.3 Å². The summed E-state index contributed by atoms with van der Waals surface area (Å²) in [7, 11) is 0. The lowest BCUT2D eigenvalue weighted by atomic mass is 9.97. The molecule has 0 bridgehead atoms. The molecule has 0 saturated carbocycles. The maximum absolute atomic E-state index is 13.0. The Morgan fingerprint density at radius 2 is 1.87 bits per heavy atom. The Bertz CT molecular complexity index is 825. The van der Waals surface area contributed by atoms with Crippen LogP contribution >= 0.6 is 0 Å². The van der Waals surface area contributed by atoms with Gasteiger partial charge in [-0.25, -0.2) is 4.39 Å². The number of nitrogens with zero attached hydrogens (tertiary/aromatic N) is 1. The number of benzene rings is 2. The first-order valence-electron chi connectivity index (χ1n) is 7.52. The number of fused-ring (bicyclic) bond motifs is 1.